The highest BCUT2D eigenvalue weighted by Crippen LogP contribution is 2.35. The Labute approximate surface area is 138 Å². The van der Waals surface area contributed by atoms with E-state index in [1.54, 1.807) is 0 Å². The summed E-state index contributed by atoms with van der Waals surface area (Å²) >= 11 is 0. The summed E-state index contributed by atoms with van der Waals surface area (Å²) in [6.45, 7) is 2.42. The number of carbonyl (C=O) groups excluding carboxylic acids is 2. The zero-order chi connectivity index (χ0) is 16.9. The number of esters is 2. The van der Waals surface area contributed by atoms with Crippen molar-refractivity contribution >= 4 is 24.3 Å². The molecule has 0 spiro atoms. The molecular weight excluding hydrogens is 336 g/mol. The Balaban J connectivity index is 0.00000484. The lowest BCUT2D eigenvalue weighted by Crippen LogP contribution is -2.41. The second-order valence-electron chi connectivity index (χ2n) is 4.33. The molecule has 0 aliphatic carbocycles. The monoisotopic (exact) mass is 353 g/mol. The zero-order valence-electron chi connectivity index (χ0n) is 12.8. The van der Waals surface area contributed by atoms with Crippen LogP contribution < -0.4 is 15.2 Å². The summed E-state index contributed by atoms with van der Waals surface area (Å²) in [5, 5.41) is 0. The number of hydrogen-bond donors (Lipinski definition) is 1. The highest BCUT2D eigenvalue weighted by atomic mass is 35.5. The van der Waals surface area contributed by atoms with E-state index in [4.69, 9.17) is 15.2 Å². The maximum Gasteiger partial charge on any atom is 0.379 e. The summed E-state index contributed by atoms with van der Waals surface area (Å²) in [4.78, 5) is 22.2. The second kappa shape index (κ2) is 8.64. The zero-order valence-corrected chi connectivity index (χ0v) is 13.6. The number of rotatable bonds is 6. The van der Waals surface area contributed by atoms with Crippen molar-refractivity contribution in [2.45, 2.75) is 25.8 Å². The smallest absolute Gasteiger partial charge is 0.379 e. The Kier molecular flexibility index (Phi) is 7.91. The van der Waals surface area contributed by atoms with Crippen LogP contribution in [0.25, 0.3) is 0 Å². The Morgan fingerprint density at radius 1 is 1.30 bits per heavy atom. The molecule has 2 N–H and O–H groups in total. The van der Waals surface area contributed by atoms with Crippen LogP contribution in [0.4, 0.5) is 8.78 Å². The number of carbonyl (C=O) groups is 2. The molecule has 0 saturated heterocycles. The average molecular weight is 354 g/mol. The molecule has 1 aromatic rings. The van der Waals surface area contributed by atoms with Crippen molar-refractivity contribution in [3.05, 3.63) is 23.8 Å². The minimum Gasteiger partial charge on any atom is -0.493 e. The van der Waals surface area contributed by atoms with Gasteiger partial charge in [-0.25, -0.2) is 4.79 Å². The van der Waals surface area contributed by atoms with Crippen LogP contribution >= 0.6 is 12.4 Å². The lowest BCUT2D eigenvalue weighted by Gasteiger charge is -2.22. The van der Waals surface area contributed by atoms with Crippen molar-refractivity contribution in [2.75, 3.05) is 13.7 Å². The molecule has 0 bridgehead atoms. The number of hydrogen-bond acceptors (Lipinski definition) is 6. The largest absolute Gasteiger partial charge is 0.493 e. The van der Waals surface area contributed by atoms with E-state index in [2.05, 4.69) is 4.74 Å². The van der Waals surface area contributed by atoms with E-state index in [0.717, 1.165) is 0 Å². The molecule has 0 aromatic heterocycles. The fraction of sp³-hybridized carbons (Fsp3) is 0.429. The van der Waals surface area contributed by atoms with Gasteiger partial charge in [0, 0.05) is 6.92 Å². The van der Waals surface area contributed by atoms with E-state index in [9.17, 15) is 18.4 Å². The summed E-state index contributed by atoms with van der Waals surface area (Å²) in [5.41, 5.74) is 5.40. The summed E-state index contributed by atoms with van der Waals surface area (Å²) in [6.07, 6.45) is 0. The van der Waals surface area contributed by atoms with Gasteiger partial charge in [-0.3, -0.25) is 4.79 Å². The molecule has 0 aliphatic heterocycles. The molecule has 9 heteroatoms. The predicted octanol–water partition coefficient (Wildman–Crippen LogP) is 2.24. The Morgan fingerprint density at radius 2 is 1.91 bits per heavy atom. The maximum atomic E-state index is 13.9. The first-order valence-electron chi connectivity index (χ1n) is 6.41. The molecule has 0 saturated carbocycles. The Morgan fingerprint density at radius 3 is 2.39 bits per heavy atom. The van der Waals surface area contributed by atoms with Gasteiger partial charge in [0.05, 0.1) is 13.7 Å². The van der Waals surface area contributed by atoms with Crippen LogP contribution in [-0.2, 0) is 14.3 Å². The van der Waals surface area contributed by atoms with Gasteiger partial charge in [-0.15, -0.1) is 12.4 Å². The predicted molar refractivity (Wildman–Crippen MR) is 80.1 cm³/mol. The number of halogens is 3. The number of alkyl halides is 2. The van der Waals surface area contributed by atoms with Gasteiger partial charge >= 0.3 is 17.9 Å². The maximum absolute atomic E-state index is 13.9. The molecule has 130 valence electrons. The molecule has 0 heterocycles. The number of ether oxygens (including phenoxy) is 3. The van der Waals surface area contributed by atoms with Crippen molar-refractivity contribution in [1.29, 1.82) is 0 Å². The topological polar surface area (TPSA) is 87.9 Å². The van der Waals surface area contributed by atoms with Gasteiger partial charge in [-0.1, -0.05) is 6.07 Å². The van der Waals surface area contributed by atoms with Crippen molar-refractivity contribution in [3.8, 4) is 11.5 Å². The van der Waals surface area contributed by atoms with Crippen LogP contribution in [0, 0.1) is 0 Å². The molecule has 6 nitrogen and oxygen atoms in total. The fourth-order valence-electron chi connectivity index (χ4n) is 1.68. The first kappa shape index (κ1) is 21.1. The first-order valence-corrected chi connectivity index (χ1v) is 6.41. The minimum absolute atomic E-state index is 0. The molecule has 1 atom stereocenters. The van der Waals surface area contributed by atoms with Crippen LogP contribution in [-0.4, -0.2) is 31.6 Å². The second-order valence-corrected chi connectivity index (χ2v) is 4.33. The Hall–Kier alpha value is -1.93. The third-order valence-corrected chi connectivity index (χ3v) is 2.74. The van der Waals surface area contributed by atoms with Gasteiger partial charge < -0.3 is 19.9 Å². The van der Waals surface area contributed by atoms with E-state index in [1.807, 2.05) is 0 Å². The molecule has 0 amide bonds. The molecule has 23 heavy (non-hydrogen) atoms. The van der Waals surface area contributed by atoms with E-state index in [0.29, 0.717) is 0 Å². The minimum atomic E-state index is -3.90. The van der Waals surface area contributed by atoms with Gasteiger partial charge in [-0.05, 0) is 24.6 Å². The third-order valence-electron chi connectivity index (χ3n) is 2.74. The summed E-state index contributed by atoms with van der Waals surface area (Å²) < 4.78 is 41.9. The average Bonchev–Trinajstić information content (AvgIpc) is 2.46. The van der Waals surface area contributed by atoms with Crippen LogP contribution in [0.3, 0.4) is 0 Å². The third kappa shape index (κ3) is 5.04. The molecule has 1 aromatic carbocycles. The number of benzene rings is 1. The van der Waals surface area contributed by atoms with Crippen LogP contribution in [0.1, 0.15) is 25.5 Å². The number of methoxy groups -OCH3 is 1. The van der Waals surface area contributed by atoms with E-state index < -0.39 is 23.9 Å². The van der Waals surface area contributed by atoms with Crippen LogP contribution in [0.2, 0.25) is 0 Å². The summed E-state index contributed by atoms with van der Waals surface area (Å²) in [6, 6.07) is 1.73. The lowest BCUT2D eigenvalue weighted by atomic mass is 10.0. The van der Waals surface area contributed by atoms with Gasteiger partial charge in [0.15, 0.2) is 11.5 Å². The number of nitrogens with two attached hydrogens (primary N) is 1. The molecule has 0 radical (unpaired) electrons. The van der Waals surface area contributed by atoms with Gasteiger partial charge in [0.1, 0.15) is 6.04 Å². The van der Waals surface area contributed by atoms with Crippen LogP contribution in [0.5, 0.6) is 11.5 Å². The highest BCUT2D eigenvalue weighted by Gasteiger charge is 2.48. The summed E-state index contributed by atoms with van der Waals surface area (Å²) in [5.74, 6) is -6.09. The normalized spacial score (nSPS) is 11.9. The Bertz CT molecular complexity index is 568. The molecular formula is C14H18ClF2NO5. The highest BCUT2D eigenvalue weighted by molar-refractivity contribution is 5.85. The lowest BCUT2D eigenvalue weighted by molar-refractivity contribution is -0.174. The first-order chi connectivity index (χ1) is 10.2. The molecule has 1 rings (SSSR count). The van der Waals surface area contributed by atoms with Crippen molar-refractivity contribution in [3.63, 3.8) is 0 Å². The molecule has 0 unspecified atom stereocenters. The van der Waals surface area contributed by atoms with E-state index in [-0.39, 0.29) is 36.1 Å². The van der Waals surface area contributed by atoms with Crippen molar-refractivity contribution in [1.82, 2.24) is 0 Å². The quantitative estimate of drug-likeness (QED) is 0.623. The van der Waals surface area contributed by atoms with Gasteiger partial charge in [0.2, 0.25) is 0 Å². The summed E-state index contributed by atoms with van der Waals surface area (Å²) in [7, 11) is 1.28. The van der Waals surface area contributed by atoms with Crippen molar-refractivity contribution in [2.24, 2.45) is 5.73 Å². The fourth-order valence-corrected chi connectivity index (χ4v) is 1.68. The van der Waals surface area contributed by atoms with Crippen LogP contribution in [0.15, 0.2) is 18.2 Å². The van der Waals surface area contributed by atoms with Gasteiger partial charge in [0.25, 0.3) is 0 Å². The molecule has 0 aliphatic rings. The van der Waals surface area contributed by atoms with Crippen molar-refractivity contribution < 1.29 is 32.6 Å². The standard InChI is InChI=1S/C14H17F2NO5.ClH/c1-4-21-13(19)14(15,16)12(17)9-5-6-10(22-8(2)18)11(7-9)20-3;/h5-7,12H,4,17H2,1-3H3;1H/t12-;/m1./s1. The van der Waals surface area contributed by atoms with Gasteiger partial charge in [-0.2, -0.15) is 8.78 Å². The van der Waals surface area contributed by atoms with E-state index in [1.165, 1.54) is 39.2 Å². The molecule has 0 fully saturated rings. The van der Waals surface area contributed by atoms with E-state index >= 15 is 0 Å². The SMILES string of the molecule is CCOC(=O)C(F)(F)[C@H](N)c1ccc(OC(C)=O)c(OC)c1.Cl.